The fraction of sp³-hybridized carbons (Fsp3) is 0.294. The Kier molecular flexibility index (Phi) is 5.55. The third-order valence-electron chi connectivity index (χ3n) is 3.27. The highest BCUT2D eigenvalue weighted by atomic mass is 79.9. The van der Waals surface area contributed by atoms with Crippen molar-refractivity contribution in [1.82, 2.24) is 0 Å². The van der Waals surface area contributed by atoms with Crippen LogP contribution < -0.4 is 0 Å². The van der Waals surface area contributed by atoms with Crippen LogP contribution >= 0.6 is 15.9 Å². The molecule has 2 rings (SSSR count). The Morgan fingerprint density at radius 3 is 2.68 bits per heavy atom. The second-order valence-electron chi connectivity index (χ2n) is 5.26. The normalized spacial score (nSPS) is 11.9. The number of carbonyl (C=O) groups excluding carboxylic acids is 1. The summed E-state index contributed by atoms with van der Waals surface area (Å²) in [5, 5.41) is 14.3. The van der Waals surface area contributed by atoms with Gasteiger partial charge in [-0.2, -0.15) is 0 Å². The van der Waals surface area contributed by atoms with Crippen molar-refractivity contribution >= 4 is 38.4 Å². The fourth-order valence-corrected chi connectivity index (χ4v) is 2.89. The number of hydrogen-bond acceptors (Lipinski definition) is 4. The van der Waals surface area contributed by atoms with E-state index in [0.29, 0.717) is 12.8 Å². The lowest BCUT2D eigenvalue weighted by atomic mass is 10.0. The number of aryl methyl sites for hydroxylation is 1. The monoisotopic (exact) mass is 363 g/mol. The van der Waals surface area contributed by atoms with Crippen LogP contribution in [0.2, 0.25) is 0 Å². The van der Waals surface area contributed by atoms with Crippen molar-refractivity contribution in [2.24, 2.45) is 5.16 Å². The molecule has 0 saturated carbocycles. The van der Waals surface area contributed by atoms with Crippen molar-refractivity contribution in [2.45, 2.75) is 32.8 Å². The molecule has 0 saturated heterocycles. The zero-order valence-electron chi connectivity index (χ0n) is 12.5. The molecule has 0 heterocycles. The first-order valence-electron chi connectivity index (χ1n) is 7.11. The molecule has 0 aromatic heterocycles. The maximum Gasteiger partial charge on any atom is 0.356 e. The minimum Gasteiger partial charge on any atom is -0.458 e. The molecule has 0 bridgehead atoms. The van der Waals surface area contributed by atoms with Crippen LogP contribution in [0.15, 0.2) is 46.0 Å². The number of rotatable bonds is 5. The molecule has 0 fully saturated rings. The second-order valence-corrected chi connectivity index (χ2v) is 6.05. The Morgan fingerprint density at radius 1 is 1.27 bits per heavy atom. The van der Waals surface area contributed by atoms with Crippen molar-refractivity contribution in [3.05, 3.63) is 46.4 Å². The number of fused-ring (bicyclic) bond motifs is 1. The van der Waals surface area contributed by atoms with E-state index in [9.17, 15) is 4.79 Å². The van der Waals surface area contributed by atoms with Crippen molar-refractivity contribution in [1.29, 1.82) is 0 Å². The van der Waals surface area contributed by atoms with Gasteiger partial charge in [0.1, 0.15) is 0 Å². The van der Waals surface area contributed by atoms with Crippen LogP contribution in [0, 0.1) is 0 Å². The van der Waals surface area contributed by atoms with E-state index in [1.807, 2.05) is 36.4 Å². The molecule has 1 N–H and O–H groups in total. The quantitative estimate of drug-likeness (QED) is 0.372. The molecule has 0 amide bonds. The highest BCUT2D eigenvalue weighted by Gasteiger charge is 2.16. The molecule has 0 spiro atoms. The molecule has 0 aliphatic heterocycles. The predicted octanol–water partition coefficient (Wildman–Crippen LogP) is 4.32. The summed E-state index contributed by atoms with van der Waals surface area (Å²) in [7, 11) is 0. The molecule has 4 nitrogen and oxygen atoms in total. The summed E-state index contributed by atoms with van der Waals surface area (Å²) in [6.45, 7) is 3.51. The number of benzene rings is 2. The molecular formula is C17H18BrNO3. The topological polar surface area (TPSA) is 58.9 Å². The lowest BCUT2D eigenvalue weighted by molar-refractivity contribution is -0.139. The van der Waals surface area contributed by atoms with E-state index < -0.39 is 5.97 Å². The van der Waals surface area contributed by atoms with E-state index in [0.717, 1.165) is 20.8 Å². The Balaban J connectivity index is 2.14. The van der Waals surface area contributed by atoms with E-state index in [4.69, 9.17) is 9.94 Å². The first kappa shape index (κ1) is 16.5. The summed E-state index contributed by atoms with van der Waals surface area (Å²) < 4.78 is 6.05. The van der Waals surface area contributed by atoms with Crippen molar-refractivity contribution in [2.75, 3.05) is 0 Å². The van der Waals surface area contributed by atoms with E-state index in [1.54, 1.807) is 13.8 Å². The Bertz CT molecular complexity index is 710. The number of esters is 1. The van der Waals surface area contributed by atoms with Crippen molar-refractivity contribution < 1.29 is 14.7 Å². The molecule has 22 heavy (non-hydrogen) atoms. The molecule has 2 aromatic rings. The third kappa shape index (κ3) is 3.85. The maximum absolute atomic E-state index is 11.8. The van der Waals surface area contributed by atoms with Crippen LogP contribution in [0.25, 0.3) is 10.8 Å². The van der Waals surface area contributed by atoms with Gasteiger partial charge in [-0.05, 0) is 52.5 Å². The Hall–Kier alpha value is -1.88. The molecule has 0 radical (unpaired) electrons. The molecule has 5 heteroatoms. The summed E-state index contributed by atoms with van der Waals surface area (Å²) in [5.41, 5.74) is 1.09. The molecule has 0 atom stereocenters. The first-order chi connectivity index (χ1) is 10.5. The van der Waals surface area contributed by atoms with Gasteiger partial charge >= 0.3 is 5.97 Å². The van der Waals surface area contributed by atoms with Crippen LogP contribution in [0.5, 0.6) is 0 Å². The standard InChI is InChI=1S/C17H18BrNO3/c1-11(2)22-17(20)15(19-21)10-9-13-8-7-12-5-3-4-6-14(12)16(13)18/h3-8,11,21H,9-10H2,1-2H3. The number of oxime groups is 1. The highest BCUT2D eigenvalue weighted by molar-refractivity contribution is 9.10. The van der Waals surface area contributed by atoms with Crippen molar-refractivity contribution in [3.8, 4) is 0 Å². The van der Waals surface area contributed by atoms with E-state index in [-0.39, 0.29) is 11.8 Å². The van der Waals surface area contributed by atoms with Gasteiger partial charge in [-0.25, -0.2) is 4.79 Å². The van der Waals surface area contributed by atoms with Gasteiger partial charge in [0, 0.05) is 10.9 Å². The van der Waals surface area contributed by atoms with Crippen LogP contribution in [0.1, 0.15) is 25.8 Å². The SMILES string of the molecule is CC(C)OC(=O)C(CCc1ccc2ccccc2c1Br)=NO. The molecular weight excluding hydrogens is 346 g/mol. The number of halogens is 1. The zero-order valence-corrected chi connectivity index (χ0v) is 14.1. The van der Waals surface area contributed by atoms with Gasteiger partial charge < -0.3 is 9.94 Å². The smallest absolute Gasteiger partial charge is 0.356 e. The lowest BCUT2D eigenvalue weighted by Crippen LogP contribution is -2.21. The van der Waals surface area contributed by atoms with Gasteiger partial charge in [-0.1, -0.05) is 41.6 Å². The van der Waals surface area contributed by atoms with Crippen LogP contribution in [-0.2, 0) is 16.0 Å². The van der Waals surface area contributed by atoms with Gasteiger partial charge in [0.05, 0.1) is 6.10 Å². The molecule has 0 aliphatic carbocycles. The number of hydrogen-bond donors (Lipinski definition) is 1. The molecule has 116 valence electrons. The van der Waals surface area contributed by atoms with Crippen molar-refractivity contribution in [3.63, 3.8) is 0 Å². The summed E-state index contributed by atoms with van der Waals surface area (Å²) in [6, 6.07) is 12.1. The molecule has 0 aliphatic rings. The average Bonchev–Trinajstić information content (AvgIpc) is 2.49. The number of nitrogens with zero attached hydrogens (tertiary/aromatic N) is 1. The summed E-state index contributed by atoms with van der Waals surface area (Å²) in [6.07, 6.45) is 0.661. The van der Waals surface area contributed by atoms with Gasteiger partial charge in [-0.3, -0.25) is 0 Å². The summed E-state index contributed by atoms with van der Waals surface area (Å²) in [4.78, 5) is 11.8. The van der Waals surface area contributed by atoms with Crippen LogP contribution in [0.3, 0.4) is 0 Å². The van der Waals surface area contributed by atoms with E-state index >= 15 is 0 Å². The lowest BCUT2D eigenvalue weighted by Gasteiger charge is -2.10. The zero-order chi connectivity index (χ0) is 16.1. The maximum atomic E-state index is 11.8. The molecule has 0 unspecified atom stereocenters. The number of carbonyl (C=O) groups is 1. The summed E-state index contributed by atoms with van der Waals surface area (Å²) >= 11 is 3.61. The van der Waals surface area contributed by atoms with Gasteiger partial charge in [0.2, 0.25) is 0 Å². The van der Waals surface area contributed by atoms with Gasteiger partial charge in [0.25, 0.3) is 0 Å². The fourth-order valence-electron chi connectivity index (χ4n) is 2.20. The second kappa shape index (κ2) is 7.40. The largest absolute Gasteiger partial charge is 0.458 e. The van der Waals surface area contributed by atoms with E-state index in [1.165, 1.54) is 0 Å². The summed E-state index contributed by atoms with van der Waals surface area (Å²) in [5.74, 6) is -0.575. The minimum absolute atomic E-state index is 0.0359. The predicted molar refractivity (Wildman–Crippen MR) is 90.4 cm³/mol. The Labute approximate surface area is 137 Å². The average molecular weight is 364 g/mol. The molecule has 2 aromatic carbocycles. The number of ether oxygens (including phenoxy) is 1. The minimum atomic E-state index is -0.575. The highest BCUT2D eigenvalue weighted by Crippen LogP contribution is 2.28. The van der Waals surface area contributed by atoms with Gasteiger partial charge in [0.15, 0.2) is 5.71 Å². The first-order valence-corrected chi connectivity index (χ1v) is 7.90. The van der Waals surface area contributed by atoms with Crippen LogP contribution in [-0.4, -0.2) is 23.0 Å². The third-order valence-corrected chi connectivity index (χ3v) is 4.21. The van der Waals surface area contributed by atoms with Crippen LogP contribution in [0.4, 0.5) is 0 Å². The van der Waals surface area contributed by atoms with E-state index in [2.05, 4.69) is 21.1 Å². The Morgan fingerprint density at radius 2 is 2.00 bits per heavy atom. The van der Waals surface area contributed by atoms with Gasteiger partial charge in [-0.15, -0.1) is 0 Å².